The van der Waals surface area contributed by atoms with Gasteiger partial charge in [0.05, 0.1) is 6.20 Å². The highest BCUT2D eigenvalue weighted by Gasteiger charge is 2.39. The molecule has 0 radical (unpaired) electrons. The van der Waals surface area contributed by atoms with Gasteiger partial charge in [0, 0.05) is 25.2 Å². The summed E-state index contributed by atoms with van der Waals surface area (Å²) >= 11 is 0. The van der Waals surface area contributed by atoms with E-state index in [9.17, 15) is 8.42 Å². The molecule has 0 spiro atoms. The highest BCUT2D eigenvalue weighted by atomic mass is 32.2. The molecule has 7 heteroatoms. The van der Waals surface area contributed by atoms with Crippen LogP contribution in [0.1, 0.15) is 19.7 Å². The van der Waals surface area contributed by atoms with Crippen LogP contribution in [-0.4, -0.2) is 47.9 Å². The molecule has 2 N–H and O–H groups in total. The van der Waals surface area contributed by atoms with Crippen molar-refractivity contribution in [3.63, 3.8) is 0 Å². The smallest absolute Gasteiger partial charge is 0.260 e. The summed E-state index contributed by atoms with van der Waals surface area (Å²) < 4.78 is 26.4. The summed E-state index contributed by atoms with van der Waals surface area (Å²) in [5, 5.41) is 3.37. The first-order valence-electron chi connectivity index (χ1n) is 5.59. The van der Waals surface area contributed by atoms with E-state index in [-0.39, 0.29) is 5.03 Å². The van der Waals surface area contributed by atoms with E-state index in [4.69, 9.17) is 0 Å². The topological polar surface area (TPSA) is 78.1 Å². The zero-order chi connectivity index (χ0) is 12.7. The fourth-order valence-corrected chi connectivity index (χ4v) is 3.81. The average Bonchev–Trinajstić information content (AvgIpc) is 2.64. The van der Waals surface area contributed by atoms with Gasteiger partial charge < -0.3 is 10.3 Å². The van der Waals surface area contributed by atoms with Crippen LogP contribution in [-0.2, 0) is 10.0 Å². The number of aryl methyl sites for hydroxylation is 1. The van der Waals surface area contributed by atoms with Crippen molar-refractivity contribution in [2.24, 2.45) is 0 Å². The van der Waals surface area contributed by atoms with Gasteiger partial charge in [-0.3, -0.25) is 0 Å². The highest BCUT2D eigenvalue weighted by Crippen LogP contribution is 2.24. The minimum Gasteiger partial charge on any atom is -0.332 e. The highest BCUT2D eigenvalue weighted by molar-refractivity contribution is 7.89. The maximum atomic E-state index is 12.4. The van der Waals surface area contributed by atoms with Crippen LogP contribution >= 0.6 is 0 Å². The number of nitrogens with zero attached hydrogens (tertiary/aromatic N) is 2. The molecule has 0 aliphatic carbocycles. The van der Waals surface area contributed by atoms with E-state index in [0.29, 0.717) is 25.5 Å². The molecule has 1 saturated heterocycles. The lowest BCUT2D eigenvalue weighted by atomic mass is 10.0. The fourth-order valence-electron chi connectivity index (χ4n) is 2.06. The molecule has 1 aromatic heterocycles. The Labute approximate surface area is 101 Å². The van der Waals surface area contributed by atoms with Gasteiger partial charge in [-0.05, 0) is 20.8 Å². The largest absolute Gasteiger partial charge is 0.332 e. The lowest BCUT2D eigenvalue weighted by Crippen LogP contribution is -2.59. The maximum Gasteiger partial charge on any atom is 0.260 e. The summed E-state index contributed by atoms with van der Waals surface area (Å²) in [6.45, 7) is 7.38. The Morgan fingerprint density at radius 3 is 2.71 bits per heavy atom. The Morgan fingerprint density at radius 2 is 2.18 bits per heavy atom. The van der Waals surface area contributed by atoms with E-state index in [0.717, 1.165) is 0 Å². The summed E-state index contributed by atoms with van der Waals surface area (Å²) in [6, 6.07) is 0. The van der Waals surface area contributed by atoms with Crippen molar-refractivity contribution < 1.29 is 8.42 Å². The van der Waals surface area contributed by atoms with Gasteiger partial charge >= 0.3 is 0 Å². The number of aromatic amines is 1. The van der Waals surface area contributed by atoms with E-state index in [1.165, 1.54) is 10.5 Å². The molecule has 17 heavy (non-hydrogen) atoms. The lowest BCUT2D eigenvalue weighted by molar-refractivity contribution is 0.185. The molecular weight excluding hydrogens is 240 g/mol. The van der Waals surface area contributed by atoms with Crippen LogP contribution in [0.15, 0.2) is 11.2 Å². The van der Waals surface area contributed by atoms with Gasteiger partial charge in [0.25, 0.3) is 10.0 Å². The number of rotatable bonds is 2. The number of hydrogen-bond acceptors (Lipinski definition) is 4. The summed E-state index contributed by atoms with van der Waals surface area (Å²) in [7, 11) is -3.47. The number of sulfonamides is 1. The van der Waals surface area contributed by atoms with Crippen molar-refractivity contribution >= 4 is 10.0 Å². The van der Waals surface area contributed by atoms with Crippen molar-refractivity contribution in [3.8, 4) is 0 Å². The van der Waals surface area contributed by atoms with E-state index >= 15 is 0 Å². The van der Waals surface area contributed by atoms with Crippen molar-refractivity contribution in [1.82, 2.24) is 19.6 Å². The van der Waals surface area contributed by atoms with Crippen molar-refractivity contribution in [2.75, 3.05) is 19.6 Å². The molecular formula is C10H18N4O2S. The predicted octanol–water partition coefficient (Wildman–Crippen LogP) is 0.0906. The summed E-state index contributed by atoms with van der Waals surface area (Å²) in [5.74, 6) is 0.608. The van der Waals surface area contributed by atoms with Crippen LogP contribution < -0.4 is 5.32 Å². The molecule has 0 amide bonds. The molecule has 0 saturated carbocycles. The van der Waals surface area contributed by atoms with Gasteiger partial charge in [0.15, 0.2) is 5.03 Å². The zero-order valence-electron chi connectivity index (χ0n) is 10.3. The maximum absolute atomic E-state index is 12.4. The average molecular weight is 258 g/mol. The molecule has 1 aliphatic rings. The summed E-state index contributed by atoms with van der Waals surface area (Å²) in [4.78, 5) is 6.74. The van der Waals surface area contributed by atoms with E-state index in [1.807, 2.05) is 13.8 Å². The van der Waals surface area contributed by atoms with Crippen molar-refractivity contribution in [2.45, 2.75) is 31.3 Å². The minimum atomic E-state index is -3.47. The summed E-state index contributed by atoms with van der Waals surface area (Å²) in [5.41, 5.74) is -0.421. The van der Waals surface area contributed by atoms with E-state index in [1.54, 1.807) is 6.92 Å². The summed E-state index contributed by atoms with van der Waals surface area (Å²) in [6.07, 6.45) is 1.38. The van der Waals surface area contributed by atoms with Gasteiger partial charge in [-0.15, -0.1) is 0 Å². The number of hydrogen-bond donors (Lipinski definition) is 2. The van der Waals surface area contributed by atoms with E-state index in [2.05, 4.69) is 15.3 Å². The molecule has 2 heterocycles. The zero-order valence-corrected chi connectivity index (χ0v) is 11.1. The van der Waals surface area contributed by atoms with Crippen LogP contribution in [0.5, 0.6) is 0 Å². The molecule has 1 aromatic rings. The van der Waals surface area contributed by atoms with Crippen LogP contribution in [0, 0.1) is 6.92 Å². The number of piperazine rings is 1. The molecule has 0 atom stereocenters. The fraction of sp³-hybridized carbons (Fsp3) is 0.700. The van der Waals surface area contributed by atoms with Crippen LogP contribution in [0.4, 0.5) is 0 Å². The molecule has 96 valence electrons. The Kier molecular flexibility index (Phi) is 3.01. The first kappa shape index (κ1) is 12.5. The Morgan fingerprint density at radius 1 is 1.47 bits per heavy atom. The Balaban J connectivity index is 2.38. The van der Waals surface area contributed by atoms with Gasteiger partial charge in [0.2, 0.25) is 0 Å². The number of nitrogens with one attached hydrogen (secondary N) is 2. The van der Waals surface area contributed by atoms with Gasteiger partial charge in [-0.25, -0.2) is 13.4 Å². The molecule has 2 rings (SSSR count). The lowest BCUT2D eigenvalue weighted by Gasteiger charge is -2.41. The second kappa shape index (κ2) is 4.08. The van der Waals surface area contributed by atoms with Gasteiger partial charge in [-0.1, -0.05) is 0 Å². The van der Waals surface area contributed by atoms with Crippen molar-refractivity contribution in [3.05, 3.63) is 12.0 Å². The standard InChI is InChI=1S/C10H18N4O2S/c1-8-12-6-9(13-8)17(15,16)14-5-4-11-7-10(14,2)3/h6,11H,4-5,7H2,1-3H3,(H,12,13). The Hall–Kier alpha value is -0.920. The SMILES string of the molecule is Cc1ncc(S(=O)(=O)N2CCNCC2(C)C)[nH]1. The van der Waals surface area contributed by atoms with E-state index < -0.39 is 15.6 Å². The third kappa shape index (κ3) is 2.22. The van der Waals surface area contributed by atoms with Crippen LogP contribution in [0.25, 0.3) is 0 Å². The first-order valence-corrected chi connectivity index (χ1v) is 7.03. The molecule has 1 aliphatic heterocycles. The molecule has 6 nitrogen and oxygen atoms in total. The molecule has 0 unspecified atom stereocenters. The third-order valence-corrected chi connectivity index (χ3v) is 4.99. The second-order valence-corrected chi connectivity index (χ2v) is 6.73. The molecule has 0 bridgehead atoms. The number of aromatic nitrogens is 2. The second-order valence-electron chi connectivity index (χ2n) is 4.90. The third-order valence-electron chi connectivity index (χ3n) is 2.97. The number of imidazole rings is 1. The minimum absolute atomic E-state index is 0.171. The quantitative estimate of drug-likeness (QED) is 0.788. The first-order chi connectivity index (χ1) is 7.84. The molecule has 0 aromatic carbocycles. The predicted molar refractivity (Wildman–Crippen MR) is 64.2 cm³/mol. The van der Waals surface area contributed by atoms with Crippen LogP contribution in [0.3, 0.4) is 0 Å². The van der Waals surface area contributed by atoms with Gasteiger partial charge in [-0.2, -0.15) is 4.31 Å². The van der Waals surface area contributed by atoms with Gasteiger partial charge in [0.1, 0.15) is 5.82 Å². The molecule has 1 fully saturated rings. The van der Waals surface area contributed by atoms with Crippen molar-refractivity contribution in [1.29, 1.82) is 0 Å². The number of H-pyrrole nitrogens is 1. The Bertz CT molecular complexity index is 506. The normalized spacial score (nSPS) is 21.6. The monoisotopic (exact) mass is 258 g/mol. The van der Waals surface area contributed by atoms with Crippen LogP contribution in [0.2, 0.25) is 0 Å².